The van der Waals surface area contributed by atoms with Gasteiger partial charge < -0.3 is 10.1 Å². The first-order chi connectivity index (χ1) is 10.0. The highest BCUT2D eigenvalue weighted by Gasteiger charge is 2.06. The van der Waals surface area contributed by atoms with Gasteiger partial charge in [0.15, 0.2) is 0 Å². The van der Waals surface area contributed by atoms with E-state index in [1.807, 2.05) is 6.07 Å². The van der Waals surface area contributed by atoms with E-state index in [2.05, 4.69) is 45.1 Å². The monoisotopic (exact) mass is 369 g/mol. The lowest BCUT2D eigenvalue weighted by molar-refractivity contribution is 0.440. The predicted octanol–water partition coefficient (Wildman–Crippen LogP) is 4.43. The normalized spacial score (nSPS) is 10.9. The van der Waals surface area contributed by atoms with Gasteiger partial charge in [-0.15, -0.1) is 0 Å². The van der Waals surface area contributed by atoms with E-state index in [1.165, 1.54) is 0 Å². The fourth-order valence-corrected chi connectivity index (χ4v) is 2.36. The maximum atomic E-state index is 6.09. The molecule has 0 aliphatic carbocycles. The number of hydrogen-bond acceptors (Lipinski definition) is 4. The first-order valence-corrected chi connectivity index (χ1v) is 7.86. The van der Waals surface area contributed by atoms with Crippen LogP contribution in [0.4, 0.5) is 0 Å². The van der Waals surface area contributed by atoms with Crippen LogP contribution in [-0.2, 0) is 6.54 Å². The van der Waals surface area contributed by atoms with Gasteiger partial charge in [0.2, 0.25) is 0 Å². The summed E-state index contributed by atoms with van der Waals surface area (Å²) in [6.07, 6.45) is 3.50. The Morgan fingerprint density at radius 1 is 1.29 bits per heavy atom. The summed E-state index contributed by atoms with van der Waals surface area (Å²) in [5, 5.41) is 3.85. The second-order valence-electron chi connectivity index (χ2n) is 5.08. The molecule has 0 unspecified atom stereocenters. The van der Waals surface area contributed by atoms with Crippen LogP contribution in [0.1, 0.15) is 19.4 Å². The SMILES string of the molecule is CC(C)CNCc1cnc(Oc2ccc(Br)cc2Cl)nc1. The minimum atomic E-state index is 0.284. The molecule has 0 saturated carbocycles. The molecule has 0 atom stereocenters. The third kappa shape index (κ3) is 5.26. The Kier molecular flexibility index (Phi) is 5.96. The highest BCUT2D eigenvalue weighted by Crippen LogP contribution is 2.30. The van der Waals surface area contributed by atoms with E-state index in [-0.39, 0.29) is 6.01 Å². The van der Waals surface area contributed by atoms with E-state index < -0.39 is 0 Å². The Labute approximate surface area is 138 Å². The Bertz CT molecular complexity index is 590. The van der Waals surface area contributed by atoms with Crippen LogP contribution in [0.25, 0.3) is 0 Å². The highest BCUT2D eigenvalue weighted by molar-refractivity contribution is 9.10. The van der Waals surface area contributed by atoms with Crippen molar-refractivity contribution >= 4 is 27.5 Å². The van der Waals surface area contributed by atoms with Crippen LogP contribution >= 0.6 is 27.5 Å². The average molecular weight is 371 g/mol. The molecule has 6 heteroatoms. The second kappa shape index (κ2) is 7.73. The van der Waals surface area contributed by atoms with Crippen molar-refractivity contribution in [3.05, 3.63) is 45.7 Å². The Morgan fingerprint density at radius 3 is 2.62 bits per heavy atom. The van der Waals surface area contributed by atoms with Crippen LogP contribution in [-0.4, -0.2) is 16.5 Å². The van der Waals surface area contributed by atoms with Crippen LogP contribution in [0.2, 0.25) is 5.02 Å². The third-order valence-corrected chi connectivity index (χ3v) is 3.45. The van der Waals surface area contributed by atoms with Gasteiger partial charge in [-0.2, -0.15) is 0 Å². The summed E-state index contributed by atoms with van der Waals surface area (Å²) in [7, 11) is 0. The third-order valence-electron chi connectivity index (χ3n) is 2.66. The quantitative estimate of drug-likeness (QED) is 0.817. The van der Waals surface area contributed by atoms with E-state index in [9.17, 15) is 0 Å². The number of ether oxygens (including phenoxy) is 1. The summed E-state index contributed by atoms with van der Waals surface area (Å²) in [4.78, 5) is 8.38. The fourth-order valence-electron chi connectivity index (χ4n) is 1.65. The van der Waals surface area contributed by atoms with E-state index in [0.29, 0.717) is 16.7 Å². The molecule has 1 heterocycles. The molecule has 0 fully saturated rings. The van der Waals surface area contributed by atoms with Crippen LogP contribution in [0, 0.1) is 5.92 Å². The van der Waals surface area contributed by atoms with Gasteiger partial charge in [-0.25, -0.2) is 9.97 Å². The first-order valence-electron chi connectivity index (χ1n) is 6.69. The number of benzene rings is 1. The van der Waals surface area contributed by atoms with Gasteiger partial charge >= 0.3 is 6.01 Å². The Hall–Kier alpha value is -1.17. The molecule has 2 aromatic rings. The zero-order valence-electron chi connectivity index (χ0n) is 11.9. The van der Waals surface area contributed by atoms with Gasteiger partial charge in [0.05, 0.1) is 5.02 Å². The van der Waals surface area contributed by atoms with Crippen LogP contribution in [0.15, 0.2) is 35.1 Å². The zero-order valence-corrected chi connectivity index (χ0v) is 14.3. The second-order valence-corrected chi connectivity index (χ2v) is 6.40. The van der Waals surface area contributed by atoms with Crippen molar-refractivity contribution in [2.24, 2.45) is 5.92 Å². The maximum Gasteiger partial charge on any atom is 0.321 e. The summed E-state index contributed by atoms with van der Waals surface area (Å²) < 4.78 is 6.46. The van der Waals surface area contributed by atoms with Crippen molar-refractivity contribution in [2.75, 3.05) is 6.54 Å². The van der Waals surface area contributed by atoms with Crippen LogP contribution in [0.3, 0.4) is 0 Å². The Morgan fingerprint density at radius 2 is 2.00 bits per heavy atom. The molecule has 0 aliphatic rings. The van der Waals surface area contributed by atoms with Crippen molar-refractivity contribution < 1.29 is 4.74 Å². The molecule has 0 bridgehead atoms. The summed E-state index contributed by atoms with van der Waals surface area (Å²) >= 11 is 9.44. The molecule has 2 rings (SSSR count). The lowest BCUT2D eigenvalue weighted by Crippen LogP contribution is -2.19. The van der Waals surface area contributed by atoms with Gasteiger partial charge in [-0.1, -0.05) is 41.4 Å². The van der Waals surface area contributed by atoms with E-state index >= 15 is 0 Å². The van der Waals surface area contributed by atoms with Gasteiger partial charge in [0.1, 0.15) is 5.75 Å². The molecule has 0 radical (unpaired) electrons. The smallest absolute Gasteiger partial charge is 0.321 e. The average Bonchev–Trinajstić information content (AvgIpc) is 2.43. The van der Waals surface area contributed by atoms with Gasteiger partial charge in [-0.3, -0.25) is 0 Å². The minimum absolute atomic E-state index is 0.284. The van der Waals surface area contributed by atoms with E-state index in [0.717, 1.165) is 23.1 Å². The van der Waals surface area contributed by atoms with Crippen molar-refractivity contribution in [2.45, 2.75) is 20.4 Å². The molecule has 21 heavy (non-hydrogen) atoms. The molecule has 0 saturated heterocycles. The van der Waals surface area contributed by atoms with Gasteiger partial charge in [-0.05, 0) is 30.7 Å². The van der Waals surface area contributed by atoms with Crippen molar-refractivity contribution in [3.63, 3.8) is 0 Å². The number of rotatable bonds is 6. The fraction of sp³-hybridized carbons (Fsp3) is 0.333. The topological polar surface area (TPSA) is 47.0 Å². The number of halogens is 2. The van der Waals surface area contributed by atoms with Gasteiger partial charge in [0, 0.05) is 29.0 Å². The van der Waals surface area contributed by atoms with E-state index in [1.54, 1.807) is 24.5 Å². The summed E-state index contributed by atoms with van der Waals surface area (Å²) in [5.41, 5.74) is 1.02. The largest absolute Gasteiger partial charge is 0.423 e. The standard InChI is InChI=1S/C15H17BrClN3O/c1-10(2)6-18-7-11-8-19-15(20-9-11)21-14-4-3-12(16)5-13(14)17/h3-5,8-10,18H,6-7H2,1-2H3. The molecular formula is C15H17BrClN3O. The molecule has 4 nitrogen and oxygen atoms in total. The molecular weight excluding hydrogens is 354 g/mol. The molecule has 0 spiro atoms. The molecule has 1 aromatic carbocycles. The van der Waals surface area contributed by atoms with Gasteiger partial charge in [0.25, 0.3) is 0 Å². The molecule has 112 valence electrons. The highest BCUT2D eigenvalue weighted by atomic mass is 79.9. The number of nitrogens with one attached hydrogen (secondary N) is 1. The van der Waals surface area contributed by atoms with Crippen molar-refractivity contribution in [3.8, 4) is 11.8 Å². The summed E-state index contributed by atoms with van der Waals surface area (Å²) in [6.45, 7) is 6.05. The summed E-state index contributed by atoms with van der Waals surface area (Å²) in [6, 6.07) is 5.67. The molecule has 1 N–H and O–H groups in total. The minimum Gasteiger partial charge on any atom is -0.423 e. The van der Waals surface area contributed by atoms with Crippen LogP contribution in [0.5, 0.6) is 11.8 Å². The zero-order chi connectivity index (χ0) is 15.2. The number of hydrogen-bond donors (Lipinski definition) is 1. The lowest BCUT2D eigenvalue weighted by Gasteiger charge is -2.08. The number of aromatic nitrogens is 2. The predicted molar refractivity (Wildman–Crippen MR) is 87.8 cm³/mol. The summed E-state index contributed by atoms with van der Waals surface area (Å²) in [5.74, 6) is 1.15. The van der Waals surface area contributed by atoms with Crippen molar-refractivity contribution in [1.82, 2.24) is 15.3 Å². The Balaban J connectivity index is 1.95. The number of nitrogens with zero attached hydrogens (tertiary/aromatic N) is 2. The maximum absolute atomic E-state index is 6.09. The first kappa shape index (κ1) is 16.2. The van der Waals surface area contributed by atoms with Crippen LogP contribution < -0.4 is 10.1 Å². The van der Waals surface area contributed by atoms with E-state index in [4.69, 9.17) is 16.3 Å². The molecule has 1 aromatic heterocycles. The molecule has 0 aliphatic heterocycles. The van der Waals surface area contributed by atoms with Crippen molar-refractivity contribution in [1.29, 1.82) is 0 Å². The molecule has 0 amide bonds. The lowest BCUT2D eigenvalue weighted by atomic mass is 10.2.